The van der Waals surface area contributed by atoms with Gasteiger partial charge in [0, 0.05) is 31.2 Å². The molecule has 3 heterocycles. The predicted octanol–water partition coefficient (Wildman–Crippen LogP) is 4.03. The lowest BCUT2D eigenvalue weighted by Crippen LogP contribution is -2.54. The van der Waals surface area contributed by atoms with Crippen molar-refractivity contribution in [2.24, 2.45) is 5.41 Å². The van der Waals surface area contributed by atoms with E-state index in [1.54, 1.807) is 29.5 Å². The molecule has 1 fully saturated rings. The lowest BCUT2D eigenvalue weighted by Gasteiger charge is -2.41. The molecular weight excluding hydrogens is 420 g/mol. The predicted molar refractivity (Wildman–Crippen MR) is 127 cm³/mol. The van der Waals surface area contributed by atoms with E-state index in [1.807, 2.05) is 19.9 Å². The summed E-state index contributed by atoms with van der Waals surface area (Å²) >= 11 is 1.71. The highest BCUT2D eigenvalue weighted by Gasteiger charge is 2.43. The lowest BCUT2D eigenvalue weighted by molar-refractivity contribution is -0.133. The lowest BCUT2D eigenvalue weighted by atomic mass is 9.74. The Morgan fingerprint density at radius 3 is 2.62 bits per heavy atom. The molecule has 1 aromatic carbocycles. The number of benzene rings is 1. The first-order valence-corrected chi connectivity index (χ1v) is 11.7. The van der Waals surface area contributed by atoms with Crippen LogP contribution in [0.2, 0.25) is 0 Å². The van der Waals surface area contributed by atoms with Gasteiger partial charge in [-0.3, -0.25) is 9.59 Å². The highest BCUT2D eigenvalue weighted by Crippen LogP contribution is 2.35. The van der Waals surface area contributed by atoms with Gasteiger partial charge in [0.25, 0.3) is 5.91 Å². The summed E-state index contributed by atoms with van der Waals surface area (Å²) in [4.78, 5) is 37.9. The van der Waals surface area contributed by atoms with Gasteiger partial charge in [-0.2, -0.15) is 0 Å². The van der Waals surface area contributed by atoms with Crippen molar-refractivity contribution in [3.8, 4) is 10.4 Å². The summed E-state index contributed by atoms with van der Waals surface area (Å²) in [7, 11) is 1.67. The van der Waals surface area contributed by atoms with Crippen LogP contribution in [0.25, 0.3) is 10.4 Å². The average Bonchev–Trinajstić information content (AvgIpc) is 3.34. The molecule has 0 saturated carbocycles. The van der Waals surface area contributed by atoms with Crippen molar-refractivity contribution in [1.29, 1.82) is 0 Å². The molecule has 0 unspecified atom stereocenters. The Morgan fingerprint density at radius 1 is 1.19 bits per heavy atom. The molecule has 2 amide bonds. The van der Waals surface area contributed by atoms with Gasteiger partial charge in [-0.15, -0.1) is 11.3 Å². The zero-order chi connectivity index (χ0) is 22.7. The first-order chi connectivity index (χ1) is 15.4. The average molecular weight is 449 g/mol. The second-order valence-corrected chi connectivity index (χ2v) is 9.40. The van der Waals surface area contributed by atoms with E-state index in [9.17, 15) is 9.59 Å². The van der Waals surface area contributed by atoms with Crippen molar-refractivity contribution >= 4 is 23.2 Å². The minimum atomic E-state index is -0.660. The summed E-state index contributed by atoms with van der Waals surface area (Å²) in [6.45, 7) is 4.64. The fourth-order valence-corrected chi connectivity index (χ4v) is 5.30. The number of amides is 2. The highest BCUT2D eigenvalue weighted by atomic mass is 32.1. The SMILES string of the molecule is CNC(=O)[C@@]1(Cc2ccc(-c3cccs3)cc2)CCCN(C(=O)c2cnc(C)nc2C)C1. The maximum Gasteiger partial charge on any atom is 0.257 e. The Bertz CT molecular complexity index is 1110. The molecule has 32 heavy (non-hydrogen) atoms. The molecular formula is C25H28N4O2S. The fraction of sp³-hybridized carbons (Fsp3) is 0.360. The Hall–Kier alpha value is -3.06. The molecule has 2 aromatic heterocycles. The van der Waals surface area contributed by atoms with Crippen LogP contribution in [0.4, 0.5) is 0 Å². The number of nitrogens with zero attached hydrogens (tertiary/aromatic N) is 3. The standard InChI is InChI=1S/C25H28N4O2S/c1-17-21(15-27-18(2)28-17)23(30)29-12-5-11-25(16-29,24(31)26-3)14-19-7-9-20(10-8-19)22-6-4-13-32-22/h4,6-10,13,15H,5,11-12,14,16H2,1-3H3,(H,26,31)/t25-/m1/s1. The van der Waals surface area contributed by atoms with Gasteiger partial charge in [-0.1, -0.05) is 30.3 Å². The van der Waals surface area contributed by atoms with Crippen molar-refractivity contribution in [3.05, 3.63) is 70.6 Å². The molecule has 1 saturated heterocycles. The summed E-state index contributed by atoms with van der Waals surface area (Å²) in [5, 5.41) is 4.92. The molecule has 0 radical (unpaired) electrons. The number of aryl methyl sites for hydroxylation is 2. The van der Waals surface area contributed by atoms with E-state index in [0.717, 1.165) is 18.4 Å². The van der Waals surface area contributed by atoms with Crippen molar-refractivity contribution in [2.45, 2.75) is 33.1 Å². The minimum absolute atomic E-state index is 0.0192. The molecule has 1 aliphatic heterocycles. The number of carbonyl (C=O) groups is 2. The minimum Gasteiger partial charge on any atom is -0.359 e. The monoisotopic (exact) mass is 448 g/mol. The maximum atomic E-state index is 13.3. The van der Waals surface area contributed by atoms with Crippen molar-refractivity contribution in [3.63, 3.8) is 0 Å². The van der Waals surface area contributed by atoms with Crippen LogP contribution >= 0.6 is 11.3 Å². The van der Waals surface area contributed by atoms with E-state index in [2.05, 4.69) is 51.0 Å². The molecule has 0 spiro atoms. The van der Waals surface area contributed by atoms with Crippen LogP contribution in [0, 0.1) is 19.3 Å². The number of aromatic nitrogens is 2. The zero-order valence-electron chi connectivity index (χ0n) is 18.7. The van der Waals surface area contributed by atoms with Crippen LogP contribution in [0.1, 0.15) is 40.3 Å². The van der Waals surface area contributed by atoms with E-state index in [4.69, 9.17) is 0 Å². The van der Waals surface area contributed by atoms with Crippen molar-refractivity contribution < 1.29 is 9.59 Å². The summed E-state index contributed by atoms with van der Waals surface area (Å²) in [5.41, 5.74) is 2.78. The first-order valence-electron chi connectivity index (χ1n) is 10.9. The van der Waals surface area contributed by atoms with Crippen LogP contribution < -0.4 is 5.32 Å². The largest absolute Gasteiger partial charge is 0.359 e. The van der Waals surface area contributed by atoms with E-state index in [-0.39, 0.29) is 11.8 Å². The molecule has 6 nitrogen and oxygen atoms in total. The van der Waals surface area contributed by atoms with Gasteiger partial charge in [-0.05, 0) is 55.7 Å². The number of hydrogen-bond acceptors (Lipinski definition) is 5. The normalized spacial score (nSPS) is 18.4. The Morgan fingerprint density at radius 2 is 1.97 bits per heavy atom. The molecule has 4 rings (SSSR count). The van der Waals surface area contributed by atoms with Crippen molar-refractivity contribution in [2.75, 3.05) is 20.1 Å². The van der Waals surface area contributed by atoms with Gasteiger partial charge in [0.2, 0.25) is 5.91 Å². The molecule has 1 atom stereocenters. The summed E-state index contributed by atoms with van der Waals surface area (Å²) in [6.07, 6.45) is 3.70. The van der Waals surface area contributed by atoms with Gasteiger partial charge in [0.05, 0.1) is 16.7 Å². The van der Waals surface area contributed by atoms with Gasteiger partial charge >= 0.3 is 0 Å². The molecule has 0 aliphatic carbocycles. The van der Waals surface area contributed by atoms with Crippen molar-refractivity contribution in [1.82, 2.24) is 20.2 Å². The van der Waals surface area contributed by atoms with E-state index < -0.39 is 5.41 Å². The zero-order valence-corrected chi connectivity index (χ0v) is 19.5. The summed E-state index contributed by atoms with van der Waals surface area (Å²) in [6, 6.07) is 12.6. The topological polar surface area (TPSA) is 75.2 Å². The number of rotatable bonds is 5. The number of carbonyl (C=O) groups excluding carboxylic acids is 2. The number of thiophene rings is 1. The molecule has 1 N–H and O–H groups in total. The van der Waals surface area contributed by atoms with Crippen LogP contribution in [-0.2, 0) is 11.2 Å². The molecule has 0 bridgehead atoms. The number of hydrogen-bond donors (Lipinski definition) is 1. The smallest absolute Gasteiger partial charge is 0.257 e. The summed E-state index contributed by atoms with van der Waals surface area (Å²) in [5.74, 6) is 0.515. The highest BCUT2D eigenvalue weighted by molar-refractivity contribution is 7.13. The van der Waals surface area contributed by atoms with Gasteiger partial charge < -0.3 is 10.2 Å². The second-order valence-electron chi connectivity index (χ2n) is 8.46. The quantitative estimate of drug-likeness (QED) is 0.639. The molecule has 3 aromatic rings. The van der Waals surface area contributed by atoms with Gasteiger partial charge in [-0.25, -0.2) is 9.97 Å². The van der Waals surface area contributed by atoms with Crippen LogP contribution in [-0.4, -0.2) is 46.8 Å². The summed E-state index contributed by atoms with van der Waals surface area (Å²) < 4.78 is 0. The maximum absolute atomic E-state index is 13.3. The van der Waals surface area contributed by atoms with Gasteiger partial charge in [0.15, 0.2) is 0 Å². The van der Waals surface area contributed by atoms with Gasteiger partial charge in [0.1, 0.15) is 5.82 Å². The van der Waals surface area contributed by atoms with Crippen LogP contribution in [0.3, 0.4) is 0 Å². The number of piperidine rings is 1. The van der Waals surface area contributed by atoms with Crippen LogP contribution in [0.15, 0.2) is 48.0 Å². The third-order valence-electron chi connectivity index (χ3n) is 6.21. The Kier molecular flexibility index (Phi) is 6.37. The van der Waals surface area contributed by atoms with E-state index >= 15 is 0 Å². The fourth-order valence-electron chi connectivity index (χ4n) is 4.56. The second kappa shape index (κ2) is 9.20. The van der Waals surface area contributed by atoms with E-state index in [1.165, 1.54) is 10.4 Å². The molecule has 1 aliphatic rings. The number of likely N-dealkylation sites (tertiary alicyclic amines) is 1. The van der Waals surface area contributed by atoms with E-state index in [0.29, 0.717) is 36.6 Å². The number of nitrogens with one attached hydrogen (secondary N) is 1. The molecule has 166 valence electrons. The third kappa shape index (κ3) is 4.43. The molecule has 7 heteroatoms. The first kappa shape index (κ1) is 22.1. The third-order valence-corrected chi connectivity index (χ3v) is 7.12. The Labute approximate surface area is 192 Å². The Balaban J connectivity index is 1.58. The van der Waals surface area contributed by atoms with Crippen LogP contribution in [0.5, 0.6) is 0 Å².